The van der Waals surface area contributed by atoms with E-state index in [9.17, 15) is 14.0 Å². The molecule has 0 saturated heterocycles. The van der Waals surface area contributed by atoms with Crippen LogP contribution < -0.4 is 5.32 Å². The highest BCUT2D eigenvalue weighted by Crippen LogP contribution is 2.14. The molecule has 0 aromatic carbocycles. The van der Waals surface area contributed by atoms with Crippen LogP contribution in [0.25, 0.3) is 0 Å². The maximum Gasteiger partial charge on any atom is 0.326 e. The van der Waals surface area contributed by atoms with E-state index in [1.807, 2.05) is 0 Å². The summed E-state index contributed by atoms with van der Waals surface area (Å²) >= 11 is 1.47. The Morgan fingerprint density at radius 1 is 1.53 bits per heavy atom. The van der Waals surface area contributed by atoms with Crippen molar-refractivity contribution in [2.75, 3.05) is 5.75 Å². The fourth-order valence-corrected chi connectivity index (χ4v) is 2.37. The van der Waals surface area contributed by atoms with Crippen LogP contribution in [-0.2, 0) is 15.3 Å². The molecular weight excluding hydrogens is 271 g/mol. The lowest BCUT2D eigenvalue weighted by molar-refractivity contribution is -0.141. The summed E-state index contributed by atoms with van der Waals surface area (Å²) in [7, 11) is 0. The van der Waals surface area contributed by atoms with E-state index in [0.717, 1.165) is 11.8 Å². The molecule has 1 amide bonds. The van der Waals surface area contributed by atoms with E-state index in [1.165, 1.54) is 24.8 Å². The topological polar surface area (TPSA) is 79.3 Å². The van der Waals surface area contributed by atoms with Gasteiger partial charge in [-0.05, 0) is 23.8 Å². The third kappa shape index (κ3) is 6.19. The molecule has 104 valence electrons. The van der Waals surface area contributed by atoms with Crippen molar-refractivity contribution < 1.29 is 19.1 Å². The summed E-state index contributed by atoms with van der Waals surface area (Å²) in [5.74, 6) is -0.708. The maximum atomic E-state index is 12.9. The first-order chi connectivity index (χ1) is 8.99. The number of nitrogens with one attached hydrogen (secondary N) is 1. The zero-order chi connectivity index (χ0) is 14.3. The molecule has 19 heavy (non-hydrogen) atoms. The van der Waals surface area contributed by atoms with Crippen LogP contribution in [0.3, 0.4) is 0 Å². The predicted octanol–water partition coefficient (Wildman–Crippen LogP) is 1.43. The highest BCUT2D eigenvalue weighted by Gasteiger charge is 2.17. The average molecular weight is 286 g/mol. The van der Waals surface area contributed by atoms with Crippen molar-refractivity contribution in [1.82, 2.24) is 10.3 Å². The first-order valence-corrected chi connectivity index (χ1v) is 6.81. The Hall–Kier alpha value is -1.63. The molecule has 1 rings (SSSR count). The zero-order valence-electron chi connectivity index (χ0n) is 10.4. The number of carboxylic acid groups (broad SMARTS) is 1. The van der Waals surface area contributed by atoms with Gasteiger partial charge in [0.05, 0.1) is 6.20 Å². The number of halogens is 1. The van der Waals surface area contributed by atoms with Crippen LogP contribution in [0, 0.1) is 5.82 Å². The highest BCUT2D eigenvalue weighted by molar-refractivity contribution is 7.98. The second kappa shape index (κ2) is 7.73. The Bertz CT molecular complexity index is 456. The molecule has 1 heterocycles. The predicted molar refractivity (Wildman–Crippen MR) is 70.2 cm³/mol. The van der Waals surface area contributed by atoms with Crippen LogP contribution in [0.15, 0.2) is 18.5 Å². The smallest absolute Gasteiger partial charge is 0.326 e. The van der Waals surface area contributed by atoms with Gasteiger partial charge in [-0.3, -0.25) is 9.78 Å². The van der Waals surface area contributed by atoms with E-state index in [2.05, 4.69) is 10.3 Å². The Kier molecular flexibility index (Phi) is 6.27. The van der Waals surface area contributed by atoms with Crippen molar-refractivity contribution in [3.8, 4) is 0 Å². The quantitative estimate of drug-likeness (QED) is 0.741. The van der Waals surface area contributed by atoms with Gasteiger partial charge in [0.1, 0.15) is 11.9 Å². The summed E-state index contributed by atoms with van der Waals surface area (Å²) in [6.45, 7) is 1.28. The SMILES string of the molecule is CC(=O)NC(CCSCc1cncc(F)c1)C(=O)O. The number of carbonyl (C=O) groups excluding carboxylic acids is 1. The van der Waals surface area contributed by atoms with Crippen LogP contribution in [0.2, 0.25) is 0 Å². The van der Waals surface area contributed by atoms with E-state index in [4.69, 9.17) is 5.11 Å². The number of aromatic nitrogens is 1. The third-order valence-corrected chi connectivity index (χ3v) is 3.32. The van der Waals surface area contributed by atoms with E-state index in [-0.39, 0.29) is 11.7 Å². The molecule has 0 bridgehead atoms. The fourth-order valence-electron chi connectivity index (χ4n) is 1.43. The van der Waals surface area contributed by atoms with Gasteiger partial charge >= 0.3 is 5.97 Å². The lowest BCUT2D eigenvalue weighted by Crippen LogP contribution is -2.39. The molecule has 5 nitrogen and oxygen atoms in total. The van der Waals surface area contributed by atoms with Gasteiger partial charge in [-0.2, -0.15) is 11.8 Å². The molecule has 0 aliphatic heterocycles. The number of carboxylic acids is 1. The largest absolute Gasteiger partial charge is 0.480 e. The molecule has 1 aromatic rings. The summed E-state index contributed by atoms with van der Waals surface area (Å²) in [5, 5.41) is 11.3. The lowest BCUT2D eigenvalue weighted by atomic mass is 10.2. The van der Waals surface area contributed by atoms with Crippen molar-refractivity contribution >= 4 is 23.6 Å². The molecule has 0 spiro atoms. The standard InChI is InChI=1S/C12H15FN2O3S/c1-8(16)15-11(12(17)18)2-3-19-7-9-4-10(13)6-14-5-9/h4-6,11H,2-3,7H2,1H3,(H,15,16)(H,17,18). The number of carbonyl (C=O) groups is 2. The monoisotopic (exact) mass is 286 g/mol. The lowest BCUT2D eigenvalue weighted by Gasteiger charge is -2.12. The Balaban J connectivity index is 2.32. The van der Waals surface area contributed by atoms with E-state index < -0.39 is 12.0 Å². The van der Waals surface area contributed by atoms with Crippen LogP contribution >= 0.6 is 11.8 Å². The minimum Gasteiger partial charge on any atom is -0.480 e. The number of thioether (sulfide) groups is 1. The molecule has 0 aliphatic carbocycles. The summed E-state index contributed by atoms with van der Waals surface area (Å²) < 4.78 is 12.9. The second-order valence-corrected chi connectivity index (χ2v) is 5.05. The number of aliphatic carboxylic acids is 1. The van der Waals surface area contributed by atoms with Crippen LogP contribution in [0.5, 0.6) is 0 Å². The Labute approximate surface area is 114 Å². The van der Waals surface area contributed by atoms with Gasteiger partial charge in [0.15, 0.2) is 0 Å². The van der Waals surface area contributed by atoms with Crippen LogP contribution in [0.4, 0.5) is 4.39 Å². The van der Waals surface area contributed by atoms with Crippen molar-refractivity contribution in [3.05, 3.63) is 29.8 Å². The van der Waals surface area contributed by atoms with E-state index in [0.29, 0.717) is 17.9 Å². The Morgan fingerprint density at radius 2 is 2.26 bits per heavy atom. The maximum absolute atomic E-state index is 12.9. The van der Waals surface area contributed by atoms with Gasteiger partial charge in [-0.25, -0.2) is 9.18 Å². The van der Waals surface area contributed by atoms with E-state index >= 15 is 0 Å². The number of hydrogen-bond donors (Lipinski definition) is 2. The van der Waals surface area contributed by atoms with Gasteiger partial charge in [0.2, 0.25) is 5.91 Å². The first-order valence-electron chi connectivity index (χ1n) is 5.66. The highest BCUT2D eigenvalue weighted by atomic mass is 32.2. The van der Waals surface area contributed by atoms with Gasteiger partial charge in [0, 0.05) is 18.9 Å². The molecule has 0 fully saturated rings. The number of pyridine rings is 1. The van der Waals surface area contributed by atoms with Gasteiger partial charge in [-0.1, -0.05) is 0 Å². The molecule has 0 saturated carbocycles. The summed E-state index contributed by atoms with van der Waals surface area (Å²) in [5.41, 5.74) is 0.747. The van der Waals surface area contributed by atoms with Gasteiger partial charge in [0.25, 0.3) is 0 Å². The van der Waals surface area contributed by atoms with E-state index in [1.54, 1.807) is 6.20 Å². The van der Waals surface area contributed by atoms with Crippen LogP contribution in [0.1, 0.15) is 18.9 Å². The summed E-state index contributed by atoms with van der Waals surface area (Å²) in [6, 6.07) is 0.512. The molecule has 1 aromatic heterocycles. The van der Waals surface area contributed by atoms with Gasteiger partial charge < -0.3 is 10.4 Å². The van der Waals surface area contributed by atoms with Crippen molar-refractivity contribution in [1.29, 1.82) is 0 Å². The molecule has 1 unspecified atom stereocenters. The molecule has 2 N–H and O–H groups in total. The molecule has 0 radical (unpaired) electrons. The van der Waals surface area contributed by atoms with Crippen LogP contribution in [-0.4, -0.2) is 33.8 Å². The second-order valence-electron chi connectivity index (χ2n) is 3.94. The van der Waals surface area contributed by atoms with Gasteiger partial charge in [-0.15, -0.1) is 0 Å². The minimum atomic E-state index is -1.05. The van der Waals surface area contributed by atoms with Crippen molar-refractivity contribution in [2.24, 2.45) is 0 Å². The number of amides is 1. The number of hydrogen-bond acceptors (Lipinski definition) is 4. The fraction of sp³-hybridized carbons (Fsp3) is 0.417. The molecule has 0 aliphatic rings. The normalized spacial score (nSPS) is 11.9. The average Bonchev–Trinajstić information content (AvgIpc) is 2.32. The molecule has 7 heteroatoms. The summed E-state index contributed by atoms with van der Waals surface area (Å²) in [6.07, 6.45) is 3.02. The first kappa shape index (κ1) is 15.4. The van der Waals surface area contributed by atoms with Crippen molar-refractivity contribution in [3.63, 3.8) is 0 Å². The minimum absolute atomic E-state index is 0.322. The summed E-state index contributed by atoms with van der Waals surface area (Å²) in [4.78, 5) is 25.4. The molecule has 1 atom stereocenters. The molecular formula is C12H15FN2O3S. The number of rotatable bonds is 7. The number of nitrogens with zero attached hydrogens (tertiary/aromatic N) is 1. The Morgan fingerprint density at radius 3 is 2.84 bits per heavy atom. The zero-order valence-corrected chi connectivity index (χ0v) is 11.2. The third-order valence-electron chi connectivity index (χ3n) is 2.26. The van der Waals surface area contributed by atoms with Crippen molar-refractivity contribution in [2.45, 2.75) is 25.1 Å².